The van der Waals surface area contributed by atoms with Crippen LogP contribution in [0.5, 0.6) is 0 Å². The lowest BCUT2D eigenvalue weighted by Crippen LogP contribution is -2.51. The minimum atomic E-state index is -0.505. The molecule has 94 valence electrons. The number of ether oxygens (including phenoxy) is 1. The van der Waals surface area contributed by atoms with Gasteiger partial charge in [0.05, 0.1) is 18.2 Å². The maximum Gasteiger partial charge on any atom is 0.240 e. The molecule has 0 aromatic rings. The topological polar surface area (TPSA) is 70.6 Å². The summed E-state index contributed by atoms with van der Waals surface area (Å²) in [6, 6.07) is 0. The molecule has 0 saturated carbocycles. The average molecular weight is 230 g/mol. The molecular formula is C11H22N2O3. The van der Waals surface area contributed by atoms with E-state index in [9.17, 15) is 9.90 Å². The molecule has 5 nitrogen and oxygen atoms in total. The molecule has 0 aromatic heterocycles. The zero-order chi connectivity index (χ0) is 12.0. The number of hydrogen-bond acceptors (Lipinski definition) is 4. The van der Waals surface area contributed by atoms with Gasteiger partial charge >= 0.3 is 0 Å². The summed E-state index contributed by atoms with van der Waals surface area (Å²) >= 11 is 0. The first-order valence-electron chi connectivity index (χ1n) is 5.79. The standard InChI is InChI=1S/C11H22N2O3/c1-11(5-3-6-13-11)10(15)12-7-4-9(14)8-16-2/h9,13-14H,3-8H2,1-2H3,(H,12,15). The molecule has 5 heteroatoms. The maximum absolute atomic E-state index is 11.8. The number of methoxy groups -OCH3 is 1. The van der Waals surface area contributed by atoms with Crippen molar-refractivity contribution in [3.63, 3.8) is 0 Å². The molecule has 2 unspecified atom stereocenters. The highest BCUT2D eigenvalue weighted by Gasteiger charge is 2.35. The number of amides is 1. The fourth-order valence-electron chi connectivity index (χ4n) is 1.91. The average Bonchev–Trinajstić information content (AvgIpc) is 2.67. The Hall–Kier alpha value is -0.650. The molecule has 16 heavy (non-hydrogen) atoms. The lowest BCUT2D eigenvalue weighted by Gasteiger charge is -2.23. The molecule has 1 aliphatic heterocycles. The van der Waals surface area contributed by atoms with Crippen molar-refractivity contribution in [2.24, 2.45) is 0 Å². The summed E-state index contributed by atoms with van der Waals surface area (Å²) in [7, 11) is 1.55. The number of carbonyl (C=O) groups is 1. The highest BCUT2D eigenvalue weighted by molar-refractivity contribution is 5.86. The summed E-state index contributed by atoms with van der Waals surface area (Å²) in [5.74, 6) is 0.0228. The zero-order valence-corrected chi connectivity index (χ0v) is 10.1. The molecule has 0 radical (unpaired) electrons. The predicted molar refractivity (Wildman–Crippen MR) is 61.2 cm³/mol. The minimum absolute atomic E-state index is 0.0228. The number of nitrogens with one attached hydrogen (secondary N) is 2. The zero-order valence-electron chi connectivity index (χ0n) is 10.1. The van der Waals surface area contributed by atoms with E-state index in [1.54, 1.807) is 7.11 Å². The van der Waals surface area contributed by atoms with Crippen molar-refractivity contribution < 1.29 is 14.6 Å². The summed E-state index contributed by atoms with van der Waals surface area (Å²) in [6.45, 7) is 3.61. The van der Waals surface area contributed by atoms with Crippen LogP contribution in [0.2, 0.25) is 0 Å². The first-order valence-corrected chi connectivity index (χ1v) is 5.79. The Kier molecular flexibility index (Phi) is 5.18. The molecule has 1 aliphatic rings. The molecule has 0 spiro atoms. The van der Waals surface area contributed by atoms with Crippen molar-refractivity contribution >= 4 is 5.91 Å². The smallest absolute Gasteiger partial charge is 0.240 e. The van der Waals surface area contributed by atoms with E-state index in [0.29, 0.717) is 19.6 Å². The van der Waals surface area contributed by atoms with Gasteiger partial charge in [-0.1, -0.05) is 0 Å². The highest BCUT2D eigenvalue weighted by Crippen LogP contribution is 2.18. The second-order valence-electron chi connectivity index (χ2n) is 4.52. The quantitative estimate of drug-likeness (QED) is 0.583. The van der Waals surface area contributed by atoms with E-state index in [2.05, 4.69) is 10.6 Å². The molecule has 1 fully saturated rings. The van der Waals surface area contributed by atoms with Crippen molar-refractivity contribution in [3.05, 3.63) is 0 Å². The van der Waals surface area contributed by atoms with Crippen molar-refractivity contribution in [1.29, 1.82) is 0 Å². The molecule has 1 amide bonds. The molecule has 1 heterocycles. The Morgan fingerprint density at radius 1 is 1.69 bits per heavy atom. The molecular weight excluding hydrogens is 208 g/mol. The number of aliphatic hydroxyl groups is 1. The Balaban J connectivity index is 2.19. The van der Waals surface area contributed by atoms with Crippen LogP contribution in [-0.2, 0) is 9.53 Å². The van der Waals surface area contributed by atoms with E-state index in [1.807, 2.05) is 6.92 Å². The van der Waals surface area contributed by atoms with Gasteiger partial charge in [-0.25, -0.2) is 0 Å². The SMILES string of the molecule is COCC(O)CCNC(=O)C1(C)CCCN1. The van der Waals surface area contributed by atoms with Crippen LogP contribution < -0.4 is 10.6 Å². The van der Waals surface area contributed by atoms with Gasteiger partial charge in [-0.15, -0.1) is 0 Å². The van der Waals surface area contributed by atoms with Gasteiger partial charge in [-0.3, -0.25) is 4.79 Å². The van der Waals surface area contributed by atoms with Gasteiger partial charge < -0.3 is 20.5 Å². The van der Waals surface area contributed by atoms with Gasteiger partial charge in [-0.2, -0.15) is 0 Å². The van der Waals surface area contributed by atoms with E-state index in [1.165, 1.54) is 0 Å². The van der Waals surface area contributed by atoms with E-state index in [-0.39, 0.29) is 5.91 Å². The van der Waals surface area contributed by atoms with Crippen LogP contribution in [0.1, 0.15) is 26.2 Å². The largest absolute Gasteiger partial charge is 0.391 e. The fraction of sp³-hybridized carbons (Fsp3) is 0.909. The van der Waals surface area contributed by atoms with Crippen LogP contribution in [-0.4, -0.2) is 49.5 Å². The summed E-state index contributed by atoms with van der Waals surface area (Å²) in [6.07, 6.45) is 1.93. The van der Waals surface area contributed by atoms with E-state index in [4.69, 9.17) is 4.74 Å². The summed E-state index contributed by atoms with van der Waals surface area (Å²) in [4.78, 5) is 11.8. The highest BCUT2D eigenvalue weighted by atomic mass is 16.5. The second-order valence-corrected chi connectivity index (χ2v) is 4.52. The van der Waals surface area contributed by atoms with Crippen molar-refractivity contribution in [1.82, 2.24) is 10.6 Å². The monoisotopic (exact) mass is 230 g/mol. The number of hydrogen-bond donors (Lipinski definition) is 3. The van der Waals surface area contributed by atoms with E-state index in [0.717, 1.165) is 19.4 Å². The summed E-state index contributed by atoms with van der Waals surface area (Å²) < 4.78 is 4.81. The Bertz CT molecular complexity index is 227. The summed E-state index contributed by atoms with van der Waals surface area (Å²) in [5, 5.41) is 15.4. The van der Waals surface area contributed by atoms with Crippen molar-refractivity contribution in [3.8, 4) is 0 Å². The molecule has 0 bridgehead atoms. The molecule has 3 N–H and O–H groups in total. The number of rotatable bonds is 6. The maximum atomic E-state index is 11.8. The predicted octanol–water partition coefficient (Wildman–Crippen LogP) is -0.358. The van der Waals surface area contributed by atoms with Gasteiger partial charge in [0.2, 0.25) is 5.91 Å². The first kappa shape index (κ1) is 13.4. The lowest BCUT2D eigenvalue weighted by molar-refractivity contribution is -0.126. The lowest BCUT2D eigenvalue weighted by atomic mass is 9.99. The minimum Gasteiger partial charge on any atom is -0.391 e. The van der Waals surface area contributed by atoms with Crippen molar-refractivity contribution in [2.45, 2.75) is 37.8 Å². The van der Waals surface area contributed by atoms with E-state index < -0.39 is 11.6 Å². The van der Waals surface area contributed by atoms with Gasteiger partial charge in [0.1, 0.15) is 0 Å². The van der Waals surface area contributed by atoms with Crippen LogP contribution in [0.4, 0.5) is 0 Å². The van der Waals surface area contributed by atoms with Gasteiger partial charge in [0.25, 0.3) is 0 Å². The van der Waals surface area contributed by atoms with Crippen LogP contribution in [0.25, 0.3) is 0 Å². The normalized spacial score (nSPS) is 26.7. The summed E-state index contributed by atoms with van der Waals surface area (Å²) in [5.41, 5.74) is -0.424. The Labute approximate surface area is 96.6 Å². The van der Waals surface area contributed by atoms with Gasteiger partial charge in [0, 0.05) is 13.7 Å². The van der Waals surface area contributed by atoms with Crippen LogP contribution in [0, 0.1) is 0 Å². The van der Waals surface area contributed by atoms with Crippen LogP contribution in [0.15, 0.2) is 0 Å². The molecule has 1 saturated heterocycles. The fourth-order valence-corrected chi connectivity index (χ4v) is 1.91. The molecule has 0 aliphatic carbocycles. The second kappa shape index (κ2) is 6.18. The number of carbonyl (C=O) groups excluding carboxylic acids is 1. The van der Waals surface area contributed by atoms with Crippen LogP contribution in [0.3, 0.4) is 0 Å². The third-order valence-corrected chi connectivity index (χ3v) is 2.99. The van der Waals surface area contributed by atoms with Crippen LogP contribution >= 0.6 is 0 Å². The van der Waals surface area contributed by atoms with Gasteiger partial charge in [-0.05, 0) is 32.7 Å². The Morgan fingerprint density at radius 2 is 2.44 bits per heavy atom. The molecule has 0 aromatic carbocycles. The van der Waals surface area contributed by atoms with E-state index >= 15 is 0 Å². The first-order chi connectivity index (χ1) is 7.58. The Morgan fingerprint density at radius 3 is 3.00 bits per heavy atom. The third kappa shape index (κ3) is 3.73. The van der Waals surface area contributed by atoms with Gasteiger partial charge in [0.15, 0.2) is 0 Å². The third-order valence-electron chi connectivity index (χ3n) is 2.99. The molecule has 1 rings (SSSR count). The molecule has 2 atom stereocenters. The van der Waals surface area contributed by atoms with Crippen molar-refractivity contribution in [2.75, 3.05) is 26.8 Å². The number of aliphatic hydroxyl groups excluding tert-OH is 1.